The van der Waals surface area contributed by atoms with E-state index >= 15 is 0 Å². The maximum Gasteiger partial charge on any atom is 0.261 e. The fourth-order valence-electron chi connectivity index (χ4n) is 3.46. The van der Waals surface area contributed by atoms with Crippen molar-refractivity contribution in [1.29, 1.82) is 0 Å². The average Bonchev–Trinajstić information content (AvgIpc) is 3.35. The molecule has 0 amide bonds. The normalized spacial score (nSPS) is 20.8. The highest BCUT2D eigenvalue weighted by molar-refractivity contribution is 6.99. The Hall–Kier alpha value is -1.46. The lowest BCUT2D eigenvalue weighted by atomic mass is 10.2. The van der Waals surface area contributed by atoms with Crippen molar-refractivity contribution in [2.75, 3.05) is 13.2 Å². The minimum absolute atomic E-state index is 0.0108. The molecule has 2 aromatic carbocycles. The van der Waals surface area contributed by atoms with Crippen LogP contribution in [0.4, 0.5) is 0 Å². The fraction of sp³-hybridized carbons (Fsp3) is 0.400. The Kier molecular flexibility index (Phi) is 4.92. The van der Waals surface area contributed by atoms with E-state index in [1.807, 2.05) is 12.1 Å². The van der Waals surface area contributed by atoms with Gasteiger partial charge in [-0.1, -0.05) is 81.4 Å². The summed E-state index contributed by atoms with van der Waals surface area (Å²) in [5.74, 6) is 0. The first-order valence-electron chi connectivity index (χ1n) is 8.50. The summed E-state index contributed by atoms with van der Waals surface area (Å²) < 4.78 is 12.2. The van der Waals surface area contributed by atoms with Crippen LogP contribution in [0, 0.1) is 0 Å². The number of benzene rings is 2. The van der Waals surface area contributed by atoms with E-state index in [0.717, 1.165) is 0 Å². The van der Waals surface area contributed by atoms with Gasteiger partial charge in [0.2, 0.25) is 0 Å². The van der Waals surface area contributed by atoms with Crippen molar-refractivity contribution < 1.29 is 14.3 Å². The summed E-state index contributed by atoms with van der Waals surface area (Å²) in [6.07, 6.45) is -0.0557. The monoisotopic (exact) mass is 342 g/mol. The van der Waals surface area contributed by atoms with Crippen molar-refractivity contribution >= 4 is 18.7 Å². The van der Waals surface area contributed by atoms with Gasteiger partial charge in [-0.3, -0.25) is 0 Å². The Balaban J connectivity index is 2.04. The second kappa shape index (κ2) is 6.80. The molecule has 4 heteroatoms. The van der Waals surface area contributed by atoms with Crippen LogP contribution in [0.15, 0.2) is 60.7 Å². The number of hydrogen-bond acceptors (Lipinski definition) is 3. The van der Waals surface area contributed by atoms with Gasteiger partial charge in [-0.25, -0.2) is 0 Å². The van der Waals surface area contributed by atoms with Gasteiger partial charge in [-0.15, -0.1) is 0 Å². The molecule has 1 aliphatic heterocycles. The Morgan fingerprint density at radius 3 is 1.79 bits per heavy atom. The lowest BCUT2D eigenvalue weighted by molar-refractivity contribution is 0.230. The van der Waals surface area contributed by atoms with Crippen molar-refractivity contribution in [3.63, 3.8) is 0 Å². The summed E-state index contributed by atoms with van der Waals surface area (Å²) in [6.45, 7) is 7.37. The Morgan fingerprint density at radius 2 is 1.42 bits per heavy atom. The molecule has 24 heavy (non-hydrogen) atoms. The number of rotatable bonds is 6. The molecule has 0 aromatic heterocycles. The Bertz CT molecular complexity index is 612. The van der Waals surface area contributed by atoms with Crippen LogP contribution in [0.3, 0.4) is 0 Å². The molecule has 0 radical (unpaired) electrons. The van der Waals surface area contributed by atoms with Gasteiger partial charge in [0.1, 0.15) is 12.2 Å². The van der Waals surface area contributed by atoms with Gasteiger partial charge >= 0.3 is 0 Å². The van der Waals surface area contributed by atoms with E-state index in [9.17, 15) is 5.11 Å². The first-order valence-corrected chi connectivity index (χ1v) is 10.4. The molecule has 1 aliphatic rings. The fourth-order valence-corrected chi connectivity index (χ4v) is 8.02. The zero-order valence-corrected chi connectivity index (χ0v) is 15.6. The lowest BCUT2D eigenvalue weighted by Gasteiger charge is -2.43. The van der Waals surface area contributed by atoms with Crippen molar-refractivity contribution in [1.82, 2.24) is 0 Å². The van der Waals surface area contributed by atoms with Crippen LogP contribution in [-0.2, 0) is 9.16 Å². The third kappa shape index (κ3) is 3.19. The van der Waals surface area contributed by atoms with Crippen LogP contribution in [0.5, 0.6) is 0 Å². The molecule has 128 valence electrons. The van der Waals surface area contributed by atoms with Crippen LogP contribution in [0.1, 0.15) is 20.8 Å². The van der Waals surface area contributed by atoms with Gasteiger partial charge in [-0.05, 0) is 15.4 Å². The van der Waals surface area contributed by atoms with Crippen LogP contribution < -0.4 is 10.4 Å². The number of hydrogen-bond donors (Lipinski definition) is 1. The van der Waals surface area contributed by atoms with E-state index in [-0.39, 0.29) is 23.9 Å². The minimum atomic E-state index is -2.48. The van der Waals surface area contributed by atoms with Gasteiger partial charge in [0.25, 0.3) is 8.32 Å². The van der Waals surface area contributed by atoms with E-state index in [4.69, 9.17) is 9.16 Å². The quantitative estimate of drug-likeness (QED) is 0.647. The van der Waals surface area contributed by atoms with Crippen LogP contribution in [0.25, 0.3) is 0 Å². The van der Waals surface area contributed by atoms with E-state index in [2.05, 4.69) is 69.3 Å². The third-order valence-electron chi connectivity index (χ3n) is 4.75. The number of epoxide rings is 1. The average molecular weight is 343 g/mol. The molecule has 3 nitrogen and oxygen atoms in total. The summed E-state index contributed by atoms with van der Waals surface area (Å²) in [4.78, 5) is 0. The zero-order chi connectivity index (χ0) is 17.2. The van der Waals surface area contributed by atoms with Crippen LogP contribution >= 0.6 is 0 Å². The molecule has 1 saturated heterocycles. The molecule has 2 unspecified atom stereocenters. The highest BCUT2D eigenvalue weighted by Gasteiger charge is 2.51. The van der Waals surface area contributed by atoms with E-state index in [0.29, 0.717) is 6.61 Å². The second-order valence-corrected chi connectivity index (χ2v) is 11.7. The molecule has 2 aromatic rings. The maximum atomic E-state index is 9.23. The predicted octanol–water partition coefficient (Wildman–Crippen LogP) is 2.32. The molecule has 1 heterocycles. The van der Waals surface area contributed by atoms with Gasteiger partial charge in [0.15, 0.2) is 0 Å². The molecular weight excluding hydrogens is 316 g/mol. The summed E-state index contributed by atoms with van der Waals surface area (Å²) in [5.41, 5.74) is 0. The smallest absolute Gasteiger partial charge is 0.261 e. The number of aliphatic hydroxyl groups excluding tert-OH is 1. The van der Waals surface area contributed by atoms with Crippen molar-refractivity contribution in [2.24, 2.45) is 0 Å². The number of aliphatic hydroxyl groups is 1. The van der Waals surface area contributed by atoms with E-state index < -0.39 is 8.32 Å². The molecule has 2 atom stereocenters. The van der Waals surface area contributed by atoms with Crippen LogP contribution in [-0.4, -0.2) is 38.8 Å². The Morgan fingerprint density at radius 1 is 0.917 bits per heavy atom. The number of ether oxygens (including phenoxy) is 1. The van der Waals surface area contributed by atoms with Gasteiger partial charge in [0, 0.05) is 0 Å². The first kappa shape index (κ1) is 17.4. The first-order chi connectivity index (χ1) is 11.5. The van der Waals surface area contributed by atoms with E-state index in [1.54, 1.807) is 0 Å². The highest BCUT2D eigenvalue weighted by atomic mass is 28.4. The lowest BCUT2D eigenvalue weighted by Crippen LogP contribution is -2.66. The predicted molar refractivity (Wildman–Crippen MR) is 99.3 cm³/mol. The van der Waals surface area contributed by atoms with Gasteiger partial charge < -0.3 is 14.3 Å². The molecule has 3 rings (SSSR count). The molecular formula is C20H26O3Si. The second-order valence-electron chi connectivity index (χ2n) is 7.37. The molecule has 1 fully saturated rings. The van der Waals surface area contributed by atoms with Gasteiger partial charge in [0.05, 0.1) is 13.2 Å². The van der Waals surface area contributed by atoms with E-state index in [1.165, 1.54) is 10.4 Å². The summed E-state index contributed by atoms with van der Waals surface area (Å²) in [6, 6.07) is 21.1. The maximum absolute atomic E-state index is 9.23. The molecule has 0 saturated carbocycles. The summed E-state index contributed by atoms with van der Waals surface area (Å²) >= 11 is 0. The van der Waals surface area contributed by atoms with Gasteiger partial charge in [-0.2, -0.15) is 0 Å². The molecule has 1 N–H and O–H groups in total. The molecule has 0 bridgehead atoms. The van der Waals surface area contributed by atoms with Crippen molar-refractivity contribution in [3.05, 3.63) is 60.7 Å². The standard InChI is InChI=1S/C20H26O3Si/c1-20(2,3)24(16-10-6-4-7-11-16,17-12-8-5-9-13-17)22-15-19-18(14-21)23-19/h4-13,18-19,21H,14-15H2,1-3H3. The zero-order valence-electron chi connectivity index (χ0n) is 14.6. The Labute approximate surface area is 145 Å². The summed E-state index contributed by atoms with van der Waals surface area (Å²) in [7, 11) is -2.48. The molecule has 0 spiro atoms. The van der Waals surface area contributed by atoms with Crippen molar-refractivity contribution in [3.8, 4) is 0 Å². The SMILES string of the molecule is CC(C)(C)[Si](OCC1OC1CO)(c1ccccc1)c1ccccc1. The topological polar surface area (TPSA) is 42.0 Å². The minimum Gasteiger partial charge on any atom is -0.405 e. The molecule has 0 aliphatic carbocycles. The summed E-state index contributed by atoms with van der Waals surface area (Å²) in [5, 5.41) is 11.7. The van der Waals surface area contributed by atoms with Crippen LogP contribution in [0.2, 0.25) is 5.04 Å². The highest BCUT2D eigenvalue weighted by Crippen LogP contribution is 2.37. The third-order valence-corrected chi connectivity index (χ3v) is 9.75. The largest absolute Gasteiger partial charge is 0.405 e. The van der Waals surface area contributed by atoms with Crippen molar-refractivity contribution in [2.45, 2.75) is 38.0 Å².